The highest BCUT2D eigenvalue weighted by atomic mass is 127. The summed E-state index contributed by atoms with van der Waals surface area (Å²) >= 11 is 7.89. The second kappa shape index (κ2) is 5.78. The number of hydrogen-bond acceptors (Lipinski definition) is 1. The quantitative estimate of drug-likeness (QED) is 0.512. The number of rotatable bonds is 4. The lowest BCUT2D eigenvalue weighted by Crippen LogP contribution is -2.16. The standard InChI is InChI=1S/C9H10ClFIN/c10-8-3-1-2-7(9(8)11)6-13-5-4-12/h1-3,13H,4-6H2. The van der Waals surface area contributed by atoms with Gasteiger partial charge in [-0.25, -0.2) is 4.39 Å². The normalized spacial score (nSPS) is 10.4. The minimum absolute atomic E-state index is 0.189. The predicted molar refractivity (Wildman–Crippen MR) is 62.0 cm³/mol. The van der Waals surface area contributed by atoms with Gasteiger partial charge in [-0.1, -0.05) is 46.3 Å². The summed E-state index contributed by atoms with van der Waals surface area (Å²) in [5, 5.41) is 3.30. The Bertz CT molecular complexity index is 280. The molecule has 0 saturated heterocycles. The van der Waals surface area contributed by atoms with Gasteiger partial charge in [-0.05, 0) is 6.07 Å². The van der Waals surface area contributed by atoms with E-state index in [0.717, 1.165) is 11.0 Å². The maximum Gasteiger partial charge on any atom is 0.146 e. The molecule has 0 atom stereocenters. The zero-order valence-corrected chi connectivity index (χ0v) is 9.90. The fraction of sp³-hybridized carbons (Fsp3) is 0.333. The van der Waals surface area contributed by atoms with Crippen molar-refractivity contribution >= 4 is 34.2 Å². The van der Waals surface area contributed by atoms with Crippen LogP contribution in [0, 0.1) is 5.82 Å². The Morgan fingerprint density at radius 3 is 2.92 bits per heavy atom. The molecule has 1 aromatic rings. The van der Waals surface area contributed by atoms with Crippen molar-refractivity contribution in [3.63, 3.8) is 0 Å². The molecule has 1 rings (SSSR count). The van der Waals surface area contributed by atoms with Gasteiger partial charge in [-0.3, -0.25) is 0 Å². The highest BCUT2D eigenvalue weighted by molar-refractivity contribution is 14.1. The lowest BCUT2D eigenvalue weighted by atomic mass is 10.2. The molecule has 0 unspecified atom stereocenters. The molecule has 1 aromatic carbocycles. The third-order valence-corrected chi connectivity index (χ3v) is 2.45. The zero-order chi connectivity index (χ0) is 9.68. The van der Waals surface area contributed by atoms with Crippen LogP contribution in [0.15, 0.2) is 18.2 Å². The molecular formula is C9H10ClFIN. The fourth-order valence-corrected chi connectivity index (χ4v) is 1.55. The highest BCUT2D eigenvalue weighted by Gasteiger charge is 2.04. The van der Waals surface area contributed by atoms with Crippen LogP contribution in [-0.4, -0.2) is 11.0 Å². The van der Waals surface area contributed by atoms with Gasteiger partial charge in [-0.2, -0.15) is 0 Å². The van der Waals surface area contributed by atoms with Gasteiger partial charge in [-0.15, -0.1) is 0 Å². The van der Waals surface area contributed by atoms with Crippen molar-refractivity contribution in [2.24, 2.45) is 0 Å². The molecular weight excluding hydrogens is 303 g/mol. The van der Waals surface area contributed by atoms with Crippen LogP contribution in [0.4, 0.5) is 4.39 Å². The van der Waals surface area contributed by atoms with E-state index < -0.39 is 0 Å². The first-order valence-electron chi connectivity index (χ1n) is 3.95. The molecule has 0 aromatic heterocycles. The molecule has 0 fully saturated rings. The number of nitrogens with one attached hydrogen (secondary N) is 1. The zero-order valence-electron chi connectivity index (χ0n) is 6.99. The van der Waals surface area contributed by atoms with Crippen LogP contribution in [-0.2, 0) is 6.54 Å². The predicted octanol–water partition coefficient (Wildman–Crippen LogP) is 3.00. The van der Waals surface area contributed by atoms with Gasteiger partial charge in [0.25, 0.3) is 0 Å². The lowest BCUT2D eigenvalue weighted by Gasteiger charge is -2.04. The van der Waals surface area contributed by atoms with E-state index in [4.69, 9.17) is 11.6 Å². The van der Waals surface area contributed by atoms with Gasteiger partial charge >= 0.3 is 0 Å². The van der Waals surface area contributed by atoms with Crippen LogP contribution >= 0.6 is 34.2 Å². The van der Waals surface area contributed by atoms with Crippen LogP contribution < -0.4 is 5.32 Å². The Hall–Kier alpha value is 0.130. The first kappa shape index (κ1) is 11.2. The second-order valence-corrected chi connectivity index (χ2v) is 4.06. The molecule has 0 radical (unpaired) electrons. The van der Waals surface area contributed by atoms with Crippen LogP contribution in [0.5, 0.6) is 0 Å². The molecule has 1 N–H and O–H groups in total. The number of alkyl halides is 1. The van der Waals surface area contributed by atoms with Gasteiger partial charge in [0.05, 0.1) is 5.02 Å². The van der Waals surface area contributed by atoms with Crippen LogP contribution in [0.2, 0.25) is 5.02 Å². The summed E-state index contributed by atoms with van der Waals surface area (Å²) in [6.45, 7) is 1.42. The smallest absolute Gasteiger partial charge is 0.146 e. The topological polar surface area (TPSA) is 12.0 Å². The Labute approximate surface area is 95.8 Å². The summed E-state index contributed by atoms with van der Waals surface area (Å²) in [5.41, 5.74) is 0.623. The van der Waals surface area contributed by atoms with E-state index in [1.807, 2.05) is 0 Å². The molecule has 13 heavy (non-hydrogen) atoms. The SMILES string of the molecule is Fc1c(Cl)cccc1CNCCI. The van der Waals surface area contributed by atoms with Crippen LogP contribution in [0.25, 0.3) is 0 Å². The summed E-state index contributed by atoms with van der Waals surface area (Å²) in [6.07, 6.45) is 0. The minimum atomic E-state index is -0.315. The molecule has 72 valence electrons. The van der Waals surface area contributed by atoms with Crippen molar-refractivity contribution in [1.29, 1.82) is 0 Å². The summed E-state index contributed by atoms with van der Waals surface area (Å²) in [6, 6.07) is 5.05. The van der Waals surface area contributed by atoms with E-state index in [1.54, 1.807) is 18.2 Å². The van der Waals surface area contributed by atoms with Crippen LogP contribution in [0.3, 0.4) is 0 Å². The highest BCUT2D eigenvalue weighted by Crippen LogP contribution is 2.17. The van der Waals surface area contributed by atoms with Gasteiger partial charge in [0.1, 0.15) is 5.82 Å². The molecule has 0 bridgehead atoms. The van der Waals surface area contributed by atoms with Crippen molar-refractivity contribution in [2.75, 3.05) is 11.0 Å². The largest absolute Gasteiger partial charge is 0.312 e. The molecule has 0 aliphatic rings. The van der Waals surface area contributed by atoms with Gasteiger partial charge in [0.15, 0.2) is 0 Å². The lowest BCUT2D eigenvalue weighted by molar-refractivity contribution is 0.595. The first-order chi connectivity index (χ1) is 6.25. The molecule has 0 saturated carbocycles. The molecule has 0 amide bonds. The number of benzene rings is 1. The Kier molecular flexibility index (Phi) is 4.98. The average Bonchev–Trinajstić information content (AvgIpc) is 2.13. The van der Waals surface area contributed by atoms with E-state index in [1.165, 1.54) is 0 Å². The molecule has 0 spiro atoms. The third-order valence-electron chi connectivity index (χ3n) is 1.62. The molecule has 1 nitrogen and oxygen atoms in total. The third kappa shape index (κ3) is 3.40. The summed E-state index contributed by atoms with van der Waals surface area (Å²) in [4.78, 5) is 0. The summed E-state index contributed by atoms with van der Waals surface area (Å²) in [5.74, 6) is -0.315. The number of halogens is 3. The molecule has 0 aliphatic carbocycles. The van der Waals surface area contributed by atoms with Gasteiger partial charge < -0.3 is 5.32 Å². The maximum absolute atomic E-state index is 13.3. The van der Waals surface area contributed by atoms with Gasteiger partial charge in [0.2, 0.25) is 0 Å². The maximum atomic E-state index is 13.3. The minimum Gasteiger partial charge on any atom is -0.312 e. The Morgan fingerprint density at radius 1 is 1.46 bits per heavy atom. The van der Waals surface area contributed by atoms with Crippen molar-refractivity contribution < 1.29 is 4.39 Å². The fourth-order valence-electron chi connectivity index (χ4n) is 0.975. The van der Waals surface area contributed by atoms with E-state index in [-0.39, 0.29) is 10.8 Å². The van der Waals surface area contributed by atoms with Crippen molar-refractivity contribution in [3.05, 3.63) is 34.6 Å². The average molecular weight is 314 g/mol. The Balaban J connectivity index is 2.61. The van der Waals surface area contributed by atoms with E-state index in [2.05, 4.69) is 27.9 Å². The van der Waals surface area contributed by atoms with E-state index in [0.29, 0.717) is 12.1 Å². The molecule has 0 heterocycles. The van der Waals surface area contributed by atoms with Gasteiger partial charge in [0, 0.05) is 23.1 Å². The summed E-state index contributed by atoms with van der Waals surface area (Å²) < 4.78 is 14.3. The van der Waals surface area contributed by atoms with Crippen LogP contribution in [0.1, 0.15) is 5.56 Å². The monoisotopic (exact) mass is 313 g/mol. The molecule has 0 aliphatic heterocycles. The summed E-state index contributed by atoms with van der Waals surface area (Å²) in [7, 11) is 0. The van der Waals surface area contributed by atoms with Crippen molar-refractivity contribution in [2.45, 2.75) is 6.54 Å². The van der Waals surface area contributed by atoms with Crippen molar-refractivity contribution in [1.82, 2.24) is 5.32 Å². The molecule has 4 heteroatoms. The van der Waals surface area contributed by atoms with Crippen molar-refractivity contribution in [3.8, 4) is 0 Å². The van der Waals surface area contributed by atoms with E-state index in [9.17, 15) is 4.39 Å². The first-order valence-corrected chi connectivity index (χ1v) is 5.85. The number of hydrogen-bond donors (Lipinski definition) is 1. The Morgan fingerprint density at radius 2 is 2.23 bits per heavy atom. The van der Waals surface area contributed by atoms with E-state index >= 15 is 0 Å². The second-order valence-electron chi connectivity index (χ2n) is 2.58.